The van der Waals surface area contributed by atoms with E-state index in [0.717, 1.165) is 5.69 Å². The summed E-state index contributed by atoms with van der Waals surface area (Å²) < 4.78 is 0. The fraction of sp³-hybridized carbons (Fsp3) is 0.444. The van der Waals surface area contributed by atoms with Crippen LogP contribution in [0.2, 0.25) is 0 Å². The smallest absolute Gasteiger partial charge is 0.315 e. The SMILES string of the molecule is Cc1cc(C2(C(=O)O)CC2)ncn1. The molecule has 0 aromatic carbocycles. The van der Waals surface area contributed by atoms with Gasteiger partial charge in [-0.2, -0.15) is 0 Å². The molecule has 2 rings (SSSR count). The number of aliphatic carboxylic acids is 1. The minimum absolute atomic E-state index is 0.646. The molecule has 0 radical (unpaired) electrons. The third-order valence-electron chi connectivity index (χ3n) is 2.45. The lowest BCUT2D eigenvalue weighted by Gasteiger charge is -2.08. The van der Waals surface area contributed by atoms with Crippen LogP contribution in [0, 0.1) is 6.92 Å². The van der Waals surface area contributed by atoms with Crippen molar-refractivity contribution in [2.24, 2.45) is 0 Å². The molecular formula is C9H10N2O2. The van der Waals surface area contributed by atoms with Gasteiger partial charge in [0.2, 0.25) is 0 Å². The zero-order chi connectivity index (χ0) is 9.47. The summed E-state index contributed by atoms with van der Waals surface area (Å²) >= 11 is 0. The molecule has 0 aliphatic heterocycles. The van der Waals surface area contributed by atoms with Crippen LogP contribution >= 0.6 is 0 Å². The second-order valence-corrected chi connectivity index (χ2v) is 3.43. The number of rotatable bonds is 2. The zero-order valence-electron chi connectivity index (χ0n) is 7.32. The lowest BCUT2D eigenvalue weighted by atomic mass is 10.0. The van der Waals surface area contributed by atoms with Crippen LogP contribution in [0.5, 0.6) is 0 Å². The predicted octanol–water partition coefficient (Wildman–Crippen LogP) is 0.901. The molecule has 4 heteroatoms. The average Bonchev–Trinajstić information content (AvgIpc) is 2.83. The maximum absolute atomic E-state index is 10.9. The van der Waals surface area contributed by atoms with Crippen molar-refractivity contribution in [2.45, 2.75) is 25.2 Å². The second kappa shape index (κ2) is 2.52. The number of nitrogens with zero attached hydrogens (tertiary/aromatic N) is 2. The van der Waals surface area contributed by atoms with Crippen LogP contribution < -0.4 is 0 Å². The molecule has 1 fully saturated rings. The van der Waals surface area contributed by atoms with Crippen LogP contribution in [-0.2, 0) is 10.2 Å². The van der Waals surface area contributed by atoms with E-state index in [0.29, 0.717) is 18.5 Å². The van der Waals surface area contributed by atoms with Gasteiger partial charge in [-0.05, 0) is 25.8 Å². The summed E-state index contributed by atoms with van der Waals surface area (Å²) in [7, 11) is 0. The first-order valence-corrected chi connectivity index (χ1v) is 4.18. The topological polar surface area (TPSA) is 63.1 Å². The van der Waals surface area contributed by atoms with Crippen LogP contribution in [0.3, 0.4) is 0 Å². The highest BCUT2D eigenvalue weighted by Gasteiger charge is 2.53. The summed E-state index contributed by atoms with van der Waals surface area (Å²) in [5.41, 5.74) is 0.762. The minimum Gasteiger partial charge on any atom is -0.481 e. The lowest BCUT2D eigenvalue weighted by molar-refractivity contribution is -0.140. The molecule has 1 heterocycles. The van der Waals surface area contributed by atoms with Crippen LogP contribution in [-0.4, -0.2) is 21.0 Å². The molecule has 1 saturated carbocycles. The third kappa shape index (κ3) is 1.18. The van der Waals surface area contributed by atoms with Gasteiger partial charge in [0.25, 0.3) is 0 Å². The first-order valence-electron chi connectivity index (χ1n) is 4.18. The van der Waals surface area contributed by atoms with E-state index in [2.05, 4.69) is 9.97 Å². The second-order valence-electron chi connectivity index (χ2n) is 3.43. The van der Waals surface area contributed by atoms with Crippen molar-refractivity contribution in [1.29, 1.82) is 0 Å². The Hall–Kier alpha value is -1.45. The van der Waals surface area contributed by atoms with Crippen LogP contribution in [0.1, 0.15) is 24.2 Å². The molecule has 0 saturated heterocycles. The van der Waals surface area contributed by atoms with Gasteiger partial charge < -0.3 is 5.11 Å². The van der Waals surface area contributed by atoms with Gasteiger partial charge in [-0.1, -0.05) is 0 Å². The molecule has 4 nitrogen and oxygen atoms in total. The van der Waals surface area contributed by atoms with E-state index in [1.165, 1.54) is 6.33 Å². The zero-order valence-corrected chi connectivity index (χ0v) is 7.32. The van der Waals surface area contributed by atoms with Crippen molar-refractivity contribution in [1.82, 2.24) is 9.97 Å². The molecule has 0 spiro atoms. The molecule has 0 unspecified atom stereocenters. The fourth-order valence-electron chi connectivity index (χ4n) is 1.42. The van der Waals surface area contributed by atoms with Gasteiger partial charge in [0.05, 0.1) is 5.69 Å². The van der Waals surface area contributed by atoms with E-state index in [1.807, 2.05) is 6.92 Å². The summed E-state index contributed by atoms with van der Waals surface area (Å²) in [5, 5.41) is 8.99. The van der Waals surface area contributed by atoms with Gasteiger partial charge in [-0.3, -0.25) is 4.79 Å². The number of aryl methyl sites for hydroxylation is 1. The molecule has 68 valence electrons. The summed E-state index contributed by atoms with van der Waals surface area (Å²) in [4.78, 5) is 18.9. The van der Waals surface area contributed by atoms with Gasteiger partial charge in [0.1, 0.15) is 11.7 Å². The Morgan fingerprint density at radius 2 is 2.23 bits per heavy atom. The monoisotopic (exact) mass is 178 g/mol. The van der Waals surface area contributed by atoms with Gasteiger partial charge in [0, 0.05) is 5.69 Å². The van der Waals surface area contributed by atoms with Crippen LogP contribution in [0.25, 0.3) is 0 Å². The van der Waals surface area contributed by atoms with Gasteiger partial charge in [-0.25, -0.2) is 9.97 Å². The molecule has 1 N–H and O–H groups in total. The molecule has 0 bridgehead atoms. The summed E-state index contributed by atoms with van der Waals surface area (Å²) in [6.45, 7) is 1.84. The van der Waals surface area contributed by atoms with E-state index in [1.54, 1.807) is 6.07 Å². The first kappa shape index (κ1) is 8.16. The van der Waals surface area contributed by atoms with Crippen molar-refractivity contribution in [3.8, 4) is 0 Å². The molecule has 1 aromatic rings. The van der Waals surface area contributed by atoms with Crippen molar-refractivity contribution in [3.05, 3.63) is 23.8 Å². The molecule has 13 heavy (non-hydrogen) atoms. The molecule has 1 aliphatic carbocycles. The number of carbonyl (C=O) groups is 1. The highest BCUT2D eigenvalue weighted by molar-refractivity contribution is 5.84. The Morgan fingerprint density at radius 3 is 2.69 bits per heavy atom. The molecule has 0 amide bonds. The quantitative estimate of drug-likeness (QED) is 0.730. The molecule has 0 atom stereocenters. The number of carboxylic acids is 1. The average molecular weight is 178 g/mol. The maximum Gasteiger partial charge on any atom is 0.315 e. The van der Waals surface area contributed by atoms with E-state index in [9.17, 15) is 4.79 Å². The first-order chi connectivity index (χ1) is 6.15. The Morgan fingerprint density at radius 1 is 1.54 bits per heavy atom. The van der Waals surface area contributed by atoms with Gasteiger partial charge in [0.15, 0.2) is 0 Å². The van der Waals surface area contributed by atoms with Gasteiger partial charge >= 0.3 is 5.97 Å². The van der Waals surface area contributed by atoms with E-state index >= 15 is 0 Å². The minimum atomic E-state index is -0.773. The van der Waals surface area contributed by atoms with Crippen LogP contribution in [0.4, 0.5) is 0 Å². The normalized spacial score (nSPS) is 18.2. The largest absolute Gasteiger partial charge is 0.481 e. The highest BCUT2D eigenvalue weighted by atomic mass is 16.4. The lowest BCUT2D eigenvalue weighted by Crippen LogP contribution is -2.21. The third-order valence-corrected chi connectivity index (χ3v) is 2.45. The molecule has 1 aliphatic rings. The number of hydrogen-bond acceptors (Lipinski definition) is 3. The number of hydrogen-bond donors (Lipinski definition) is 1. The highest BCUT2D eigenvalue weighted by Crippen LogP contribution is 2.47. The fourth-order valence-corrected chi connectivity index (χ4v) is 1.42. The number of carboxylic acid groups (broad SMARTS) is 1. The number of aromatic nitrogens is 2. The standard InChI is InChI=1S/C9H10N2O2/c1-6-4-7(11-5-10-6)9(2-3-9)8(12)13/h4-5H,2-3H2,1H3,(H,12,13). The summed E-state index contributed by atoms with van der Waals surface area (Å²) in [6, 6.07) is 1.75. The van der Waals surface area contributed by atoms with Crippen molar-refractivity contribution in [2.75, 3.05) is 0 Å². The molecular weight excluding hydrogens is 168 g/mol. The maximum atomic E-state index is 10.9. The predicted molar refractivity (Wildman–Crippen MR) is 45.3 cm³/mol. The van der Waals surface area contributed by atoms with E-state index in [-0.39, 0.29) is 0 Å². The van der Waals surface area contributed by atoms with E-state index in [4.69, 9.17) is 5.11 Å². The Bertz CT molecular complexity index is 358. The summed E-state index contributed by atoms with van der Waals surface area (Å²) in [6.07, 6.45) is 2.81. The summed E-state index contributed by atoms with van der Waals surface area (Å²) in [5.74, 6) is -0.773. The Labute approximate surface area is 75.6 Å². The van der Waals surface area contributed by atoms with Crippen molar-refractivity contribution in [3.63, 3.8) is 0 Å². The molecule has 1 aromatic heterocycles. The van der Waals surface area contributed by atoms with E-state index < -0.39 is 11.4 Å². The van der Waals surface area contributed by atoms with Crippen LogP contribution in [0.15, 0.2) is 12.4 Å². The van der Waals surface area contributed by atoms with Gasteiger partial charge in [-0.15, -0.1) is 0 Å². The Balaban J connectivity index is 2.41. The van der Waals surface area contributed by atoms with Crippen molar-refractivity contribution >= 4 is 5.97 Å². The van der Waals surface area contributed by atoms with Crippen molar-refractivity contribution < 1.29 is 9.90 Å². The Kier molecular flexibility index (Phi) is 1.58.